The molecule has 0 bridgehead atoms. The highest BCUT2D eigenvalue weighted by Gasteiger charge is 2.30. The van der Waals surface area contributed by atoms with Crippen LogP contribution in [0.5, 0.6) is 0 Å². The second-order valence-corrected chi connectivity index (χ2v) is 8.17. The van der Waals surface area contributed by atoms with Gasteiger partial charge in [0.15, 0.2) is 0 Å². The number of aromatic nitrogens is 2. The lowest BCUT2D eigenvalue weighted by Crippen LogP contribution is -2.40. The van der Waals surface area contributed by atoms with Gasteiger partial charge in [-0.2, -0.15) is 0 Å². The molecule has 0 spiro atoms. The van der Waals surface area contributed by atoms with Crippen molar-refractivity contribution in [2.24, 2.45) is 5.92 Å². The maximum atomic E-state index is 12.6. The normalized spacial score (nSPS) is 20.2. The summed E-state index contributed by atoms with van der Waals surface area (Å²) in [7, 11) is 0. The molecule has 1 N–H and O–H groups in total. The summed E-state index contributed by atoms with van der Waals surface area (Å²) in [6.45, 7) is 2.15. The molecule has 0 radical (unpaired) electrons. The fourth-order valence-corrected chi connectivity index (χ4v) is 4.49. The van der Waals surface area contributed by atoms with Crippen molar-refractivity contribution in [2.45, 2.75) is 25.7 Å². The third-order valence-corrected chi connectivity index (χ3v) is 6.14. The number of carbonyl (C=O) groups excluding carboxylic acids is 2. The topological polar surface area (TPSA) is 78.4 Å². The number of nitrogens with zero attached hydrogens (tertiary/aromatic N) is 4. The zero-order valence-corrected chi connectivity index (χ0v) is 16.3. The first-order chi connectivity index (χ1) is 13.1. The lowest BCUT2D eigenvalue weighted by Gasteiger charge is -2.31. The summed E-state index contributed by atoms with van der Waals surface area (Å²) >= 11 is 7.31. The summed E-state index contributed by atoms with van der Waals surface area (Å²) in [4.78, 5) is 28.3. The van der Waals surface area contributed by atoms with E-state index in [1.807, 2.05) is 0 Å². The van der Waals surface area contributed by atoms with E-state index in [0.29, 0.717) is 29.7 Å². The van der Waals surface area contributed by atoms with Crippen LogP contribution in [-0.2, 0) is 9.59 Å². The van der Waals surface area contributed by atoms with Crippen LogP contribution >= 0.6 is 22.9 Å². The molecule has 1 aromatic heterocycles. The van der Waals surface area contributed by atoms with Crippen LogP contribution in [0, 0.1) is 5.92 Å². The first-order valence-corrected chi connectivity index (χ1v) is 10.2. The number of hydrogen-bond donors (Lipinski definition) is 1. The monoisotopic (exact) mass is 405 g/mol. The molecule has 1 aromatic carbocycles. The minimum Gasteiger partial charge on any atom is -0.346 e. The summed E-state index contributed by atoms with van der Waals surface area (Å²) < 4.78 is 0. The van der Waals surface area contributed by atoms with Gasteiger partial charge in [0.25, 0.3) is 0 Å². The Hall–Kier alpha value is -2.19. The Balaban J connectivity index is 1.40. The predicted octanol–water partition coefficient (Wildman–Crippen LogP) is 3.17. The van der Waals surface area contributed by atoms with Crippen LogP contribution in [0.15, 0.2) is 24.3 Å². The van der Waals surface area contributed by atoms with E-state index in [0.717, 1.165) is 36.6 Å². The molecule has 0 unspecified atom stereocenters. The molecule has 7 nitrogen and oxygen atoms in total. The van der Waals surface area contributed by atoms with E-state index in [1.54, 1.807) is 29.2 Å². The smallest absolute Gasteiger partial charge is 0.229 e. The van der Waals surface area contributed by atoms with E-state index in [-0.39, 0.29) is 17.7 Å². The molecule has 2 saturated heterocycles. The Labute approximate surface area is 166 Å². The molecule has 2 aliphatic rings. The van der Waals surface area contributed by atoms with Gasteiger partial charge < -0.3 is 10.2 Å². The Morgan fingerprint density at radius 3 is 2.67 bits per heavy atom. The van der Waals surface area contributed by atoms with E-state index in [2.05, 4.69) is 20.4 Å². The van der Waals surface area contributed by atoms with E-state index < -0.39 is 0 Å². The number of piperidine rings is 1. The maximum Gasteiger partial charge on any atom is 0.229 e. The summed E-state index contributed by atoms with van der Waals surface area (Å²) in [6, 6.07) is 7.11. The molecule has 4 rings (SSSR count). The van der Waals surface area contributed by atoms with Crippen molar-refractivity contribution in [3.63, 3.8) is 0 Å². The summed E-state index contributed by atoms with van der Waals surface area (Å²) in [6.07, 6.45) is 3.19. The fourth-order valence-electron chi connectivity index (χ4n) is 3.44. The average Bonchev–Trinajstić information content (AvgIpc) is 3.32. The Kier molecular flexibility index (Phi) is 5.27. The summed E-state index contributed by atoms with van der Waals surface area (Å²) in [5.74, 6) is -0.00626. The molecule has 27 heavy (non-hydrogen) atoms. The number of halogens is 1. The van der Waals surface area contributed by atoms with Crippen LogP contribution in [0.1, 0.15) is 25.7 Å². The third-order valence-electron chi connectivity index (χ3n) is 4.88. The van der Waals surface area contributed by atoms with Crippen LogP contribution in [-0.4, -0.2) is 41.6 Å². The van der Waals surface area contributed by atoms with Crippen LogP contribution in [0.25, 0.3) is 0 Å². The lowest BCUT2D eigenvalue weighted by atomic mass is 9.97. The standard InChI is InChI=1S/C18H20ClN5O2S/c19-13-5-7-14(8-6-13)20-16(26)12-3-1-9-23(11-12)17-21-22-18(27-17)24-10-2-4-15(24)25/h5-8,12H,1-4,9-11H2,(H,20,26)/t12-/m1/s1. The highest BCUT2D eigenvalue weighted by Crippen LogP contribution is 2.32. The molecule has 1 atom stereocenters. The van der Waals surface area contributed by atoms with Gasteiger partial charge in [-0.25, -0.2) is 0 Å². The summed E-state index contributed by atoms with van der Waals surface area (Å²) in [5.41, 5.74) is 0.743. The largest absolute Gasteiger partial charge is 0.346 e. The number of rotatable bonds is 4. The second kappa shape index (κ2) is 7.82. The number of nitrogens with one attached hydrogen (secondary N) is 1. The predicted molar refractivity (Wildman–Crippen MR) is 107 cm³/mol. The Morgan fingerprint density at radius 1 is 1.15 bits per heavy atom. The molecular weight excluding hydrogens is 386 g/mol. The molecular formula is C18H20ClN5O2S. The lowest BCUT2D eigenvalue weighted by molar-refractivity contribution is -0.120. The minimum absolute atomic E-state index is 0.00137. The molecule has 2 aliphatic heterocycles. The van der Waals surface area contributed by atoms with Crippen molar-refractivity contribution in [3.05, 3.63) is 29.3 Å². The van der Waals surface area contributed by atoms with Crippen molar-refractivity contribution in [3.8, 4) is 0 Å². The second-order valence-electron chi connectivity index (χ2n) is 6.80. The molecule has 2 amide bonds. The van der Waals surface area contributed by atoms with E-state index >= 15 is 0 Å². The van der Waals surface area contributed by atoms with Crippen LogP contribution < -0.4 is 15.1 Å². The van der Waals surface area contributed by atoms with Gasteiger partial charge in [0.2, 0.25) is 22.1 Å². The van der Waals surface area contributed by atoms with Gasteiger partial charge in [0.05, 0.1) is 5.92 Å². The van der Waals surface area contributed by atoms with Gasteiger partial charge in [-0.1, -0.05) is 22.9 Å². The van der Waals surface area contributed by atoms with Gasteiger partial charge in [0, 0.05) is 36.8 Å². The number of anilines is 3. The molecule has 9 heteroatoms. The zero-order valence-electron chi connectivity index (χ0n) is 14.7. The Morgan fingerprint density at radius 2 is 1.93 bits per heavy atom. The van der Waals surface area contributed by atoms with Crippen LogP contribution in [0.4, 0.5) is 16.0 Å². The van der Waals surface area contributed by atoms with Gasteiger partial charge in [0.1, 0.15) is 0 Å². The van der Waals surface area contributed by atoms with Crippen LogP contribution in [0.3, 0.4) is 0 Å². The number of amides is 2. The van der Waals surface area contributed by atoms with Crippen molar-refractivity contribution < 1.29 is 9.59 Å². The van der Waals surface area contributed by atoms with Gasteiger partial charge >= 0.3 is 0 Å². The molecule has 3 heterocycles. The highest BCUT2D eigenvalue weighted by atomic mass is 35.5. The van der Waals surface area contributed by atoms with Gasteiger partial charge in [-0.3, -0.25) is 14.5 Å². The average molecular weight is 406 g/mol. The fraction of sp³-hybridized carbons (Fsp3) is 0.444. The number of carbonyl (C=O) groups is 2. The van der Waals surface area contributed by atoms with Crippen molar-refractivity contribution in [2.75, 3.05) is 34.8 Å². The molecule has 2 aromatic rings. The quantitative estimate of drug-likeness (QED) is 0.845. The minimum atomic E-state index is -0.116. The van der Waals surface area contributed by atoms with Crippen LogP contribution in [0.2, 0.25) is 5.02 Å². The third kappa shape index (κ3) is 4.06. The number of hydrogen-bond acceptors (Lipinski definition) is 6. The first-order valence-electron chi connectivity index (χ1n) is 9.05. The number of benzene rings is 1. The SMILES string of the molecule is O=C(Nc1ccc(Cl)cc1)[C@@H]1CCCN(c2nnc(N3CCCC3=O)s2)C1. The van der Waals surface area contributed by atoms with Crippen molar-refractivity contribution >= 4 is 50.7 Å². The molecule has 2 fully saturated rings. The molecule has 0 saturated carbocycles. The van der Waals surface area contributed by atoms with Gasteiger partial charge in [-0.15, -0.1) is 10.2 Å². The summed E-state index contributed by atoms with van der Waals surface area (Å²) in [5, 5.41) is 13.5. The maximum absolute atomic E-state index is 12.6. The highest BCUT2D eigenvalue weighted by molar-refractivity contribution is 7.19. The zero-order chi connectivity index (χ0) is 18.8. The van der Waals surface area contributed by atoms with Crippen molar-refractivity contribution in [1.82, 2.24) is 10.2 Å². The van der Waals surface area contributed by atoms with E-state index in [4.69, 9.17) is 11.6 Å². The van der Waals surface area contributed by atoms with E-state index in [1.165, 1.54) is 11.3 Å². The molecule has 142 valence electrons. The van der Waals surface area contributed by atoms with Crippen molar-refractivity contribution in [1.29, 1.82) is 0 Å². The molecule has 0 aliphatic carbocycles. The van der Waals surface area contributed by atoms with E-state index in [9.17, 15) is 9.59 Å². The first kappa shape index (κ1) is 18.2. The van der Waals surface area contributed by atoms with Gasteiger partial charge in [-0.05, 0) is 43.5 Å². The Bertz CT molecular complexity index is 841.